The first-order valence-corrected chi connectivity index (χ1v) is 2.73. The maximum Gasteiger partial charge on any atom is -0.0310 e. The van der Waals surface area contributed by atoms with Gasteiger partial charge in [-0.15, -0.1) is 0 Å². The minimum atomic E-state index is 0. The molecule has 0 aromatic heterocycles. The van der Waals surface area contributed by atoms with Crippen molar-refractivity contribution in [2.75, 3.05) is 0 Å². The van der Waals surface area contributed by atoms with Crippen molar-refractivity contribution in [3.05, 3.63) is 23.8 Å². The van der Waals surface area contributed by atoms with Gasteiger partial charge in [0.05, 0.1) is 0 Å². The van der Waals surface area contributed by atoms with E-state index in [1.807, 2.05) is 0 Å². The van der Waals surface area contributed by atoms with Gasteiger partial charge in [-0.1, -0.05) is 23.8 Å². The molecule has 1 heteroatoms. The standard InChI is InChI=1S/C7H10.H2O/c1-7-5-3-2-4-6-7;/h3,5-6H,2,4H2,1H3;1H2. The highest BCUT2D eigenvalue weighted by Gasteiger charge is 1.86. The smallest absolute Gasteiger partial charge is 0.0310 e. The monoisotopic (exact) mass is 112 g/mol. The molecule has 0 fully saturated rings. The van der Waals surface area contributed by atoms with E-state index in [0.29, 0.717) is 0 Å². The normalized spacial score (nSPS) is 16.9. The molecular formula is C7H12O. The largest absolute Gasteiger partial charge is 0.412 e. The average molecular weight is 112 g/mol. The molecule has 46 valence electrons. The van der Waals surface area contributed by atoms with Crippen LogP contribution >= 0.6 is 0 Å². The quantitative estimate of drug-likeness (QED) is 0.454. The molecule has 2 N–H and O–H groups in total. The Kier molecular flexibility index (Phi) is 3.20. The zero-order valence-corrected chi connectivity index (χ0v) is 5.15. The molecule has 0 unspecified atom stereocenters. The third-order valence-electron chi connectivity index (χ3n) is 1.18. The molecule has 1 aliphatic rings. The molecule has 1 nitrogen and oxygen atoms in total. The van der Waals surface area contributed by atoms with Gasteiger partial charge in [-0.25, -0.2) is 0 Å². The molecular weight excluding hydrogens is 100 g/mol. The van der Waals surface area contributed by atoms with Crippen LogP contribution in [0.4, 0.5) is 0 Å². The van der Waals surface area contributed by atoms with E-state index in [1.165, 1.54) is 18.4 Å². The summed E-state index contributed by atoms with van der Waals surface area (Å²) in [6, 6.07) is 0. The van der Waals surface area contributed by atoms with E-state index in [1.54, 1.807) is 0 Å². The number of rotatable bonds is 0. The van der Waals surface area contributed by atoms with Crippen LogP contribution < -0.4 is 0 Å². The van der Waals surface area contributed by atoms with Gasteiger partial charge in [-0.3, -0.25) is 0 Å². The lowest BCUT2D eigenvalue weighted by molar-refractivity contribution is 0.824. The Morgan fingerprint density at radius 3 is 2.38 bits per heavy atom. The van der Waals surface area contributed by atoms with Crippen LogP contribution in [0.2, 0.25) is 0 Å². The lowest BCUT2D eigenvalue weighted by Gasteiger charge is -1.96. The lowest BCUT2D eigenvalue weighted by atomic mass is 10.1. The SMILES string of the molecule is CC1=CCCC=C1.O. The molecule has 0 bridgehead atoms. The van der Waals surface area contributed by atoms with E-state index in [9.17, 15) is 0 Å². The predicted octanol–water partition coefficient (Wildman–Crippen LogP) is 1.46. The second kappa shape index (κ2) is 3.44. The topological polar surface area (TPSA) is 31.5 Å². The van der Waals surface area contributed by atoms with Gasteiger partial charge >= 0.3 is 0 Å². The van der Waals surface area contributed by atoms with Gasteiger partial charge in [0.15, 0.2) is 0 Å². The van der Waals surface area contributed by atoms with Crippen molar-refractivity contribution < 1.29 is 5.48 Å². The Morgan fingerprint density at radius 2 is 2.12 bits per heavy atom. The molecule has 1 rings (SSSR count). The van der Waals surface area contributed by atoms with E-state index in [-0.39, 0.29) is 5.48 Å². The molecule has 0 saturated carbocycles. The molecule has 0 saturated heterocycles. The Hall–Kier alpha value is -0.560. The van der Waals surface area contributed by atoms with Gasteiger partial charge in [0.2, 0.25) is 0 Å². The van der Waals surface area contributed by atoms with Crippen LogP contribution in [0.5, 0.6) is 0 Å². The Labute approximate surface area is 50.0 Å². The Balaban J connectivity index is 0.000000490. The zero-order valence-electron chi connectivity index (χ0n) is 5.15. The van der Waals surface area contributed by atoms with E-state index in [4.69, 9.17) is 0 Å². The van der Waals surface area contributed by atoms with Crippen LogP contribution in [0, 0.1) is 0 Å². The van der Waals surface area contributed by atoms with Gasteiger partial charge in [0.1, 0.15) is 0 Å². The second-order valence-corrected chi connectivity index (χ2v) is 1.93. The summed E-state index contributed by atoms with van der Waals surface area (Å²) >= 11 is 0. The summed E-state index contributed by atoms with van der Waals surface area (Å²) < 4.78 is 0. The molecule has 0 heterocycles. The molecule has 0 amide bonds. The summed E-state index contributed by atoms with van der Waals surface area (Å²) in [5.41, 5.74) is 1.41. The fourth-order valence-corrected chi connectivity index (χ4v) is 0.744. The minimum Gasteiger partial charge on any atom is -0.412 e. The predicted molar refractivity (Wildman–Crippen MR) is 35.7 cm³/mol. The number of hydrogen-bond acceptors (Lipinski definition) is 0. The Morgan fingerprint density at radius 1 is 1.38 bits per heavy atom. The summed E-state index contributed by atoms with van der Waals surface area (Å²) in [4.78, 5) is 0. The van der Waals surface area contributed by atoms with Gasteiger partial charge in [0, 0.05) is 0 Å². The molecule has 0 aromatic carbocycles. The summed E-state index contributed by atoms with van der Waals surface area (Å²) in [7, 11) is 0. The molecule has 0 atom stereocenters. The third kappa shape index (κ3) is 1.94. The minimum absolute atomic E-state index is 0. The molecule has 0 spiro atoms. The van der Waals surface area contributed by atoms with Gasteiger partial charge < -0.3 is 5.48 Å². The highest BCUT2D eigenvalue weighted by atomic mass is 16.0. The van der Waals surface area contributed by atoms with Crippen LogP contribution in [0.15, 0.2) is 23.8 Å². The van der Waals surface area contributed by atoms with Crippen LogP contribution in [-0.4, -0.2) is 5.48 Å². The highest BCUT2D eigenvalue weighted by Crippen LogP contribution is 2.06. The molecule has 1 aliphatic carbocycles. The van der Waals surface area contributed by atoms with Crippen LogP contribution in [0.25, 0.3) is 0 Å². The number of allylic oxidation sites excluding steroid dienone is 4. The molecule has 0 aliphatic heterocycles. The summed E-state index contributed by atoms with van der Waals surface area (Å²) in [5, 5.41) is 0. The van der Waals surface area contributed by atoms with Crippen molar-refractivity contribution in [1.82, 2.24) is 0 Å². The molecule has 0 aromatic rings. The van der Waals surface area contributed by atoms with Gasteiger partial charge in [-0.2, -0.15) is 0 Å². The van der Waals surface area contributed by atoms with Crippen molar-refractivity contribution in [2.45, 2.75) is 19.8 Å². The van der Waals surface area contributed by atoms with Crippen molar-refractivity contribution in [1.29, 1.82) is 0 Å². The van der Waals surface area contributed by atoms with Crippen LogP contribution in [-0.2, 0) is 0 Å². The lowest BCUT2D eigenvalue weighted by Crippen LogP contribution is -1.76. The van der Waals surface area contributed by atoms with Crippen molar-refractivity contribution >= 4 is 0 Å². The van der Waals surface area contributed by atoms with E-state index in [2.05, 4.69) is 25.2 Å². The van der Waals surface area contributed by atoms with E-state index in [0.717, 1.165) is 0 Å². The van der Waals surface area contributed by atoms with E-state index < -0.39 is 0 Å². The van der Waals surface area contributed by atoms with E-state index >= 15 is 0 Å². The third-order valence-corrected chi connectivity index (χ3v) is 1.18. The zero-order chi connectivity index (χ0) is 5.11. The van der Waals surface area contributed by atoms with Gasteiger partial charge in [-0.05, 0) is 19.8 Å². The van der Waals surface area contributed by atoms with Crippen molar-refractivity contribution in [2.24, 2.45) is 0 Å². The maximum atomic E-state index is 2.26. The first kappa shape index (κ1) is 7.44. The number of hydrogen-bond donors (Lipinski definition) is 0. The summed E-state index contributed by atoms with van der Waals surface area (Å²) in [6.45, 7) is 2.13. The summed E-state index contributed by atoms with van der Waals surface area (Å²) in [6.07, 6.45) is 9.12. The first-order chi connectivity index (χ1) is 3.39. The van der Waals surface area contributed by atoms with Gasteiger partial charge in [0.25, 0.3) is 0 Å². The average Bonchev–Trinajstić information content (AvgIpc) is 1.69. The molecule has 0 radical (unpaired) electrons. The maximum absolute atomic E-state index is 2.26. The molecule has 8 heavy (non-hydrogen) atoms. The van der Waals surface area contributed by atoms with Crippen molar-refractivity contribution in [3.63, 3.8) is 0 Å². The van der Waals surface area contributed by atoms with Crippen LogP contribution in [0.1, 0.15) is 19.8 Å². The fourth-order valence-electron chi connectivity index (χ4n) is 0.744. The summed E-state index contributed by atoms with van der Waals surface area (Å²) in [5.74, 6) is 0. The fraction of sp³-hybridized carbons (Fsp3) is 0.429. The Bertz CT molecular complexity index is 112. The highest BCUT2D eigenvalue weighted by molar-refractivity contribution is 5.18. The second-order valence-electron chi connectivity index (χ2n) is 1.93. The first-order valence-electron chi connectivity index (χ1n) is 2.73. The van der Waals surface area contributed by atoms with Crippen molar-refractivity contribution in [3.8, 4) is 0 Å². The van der Waals surface area contributed by atoms with Crippen LogP contribution in [0.3, 0.4) is 0 Å².